The molecule has 0 radical (unpaired) electrons. The fraction of sp³-hybridized carbons (Fsp3) is 0.579. The van der Waals surface area contributed by atoms with Crippen molar-refractivity contribution in [3.63, 3.8) is 0 Å². The van der Waals surface area contributed by atoms with Gasteiger partial charge in [0.2, 0.25) is 0 Å². The molecular formula is C19H27N. The second-order valence-electron chi connectivity index (χ2n) is 6.33. The van der Waals surface area contributed by atoms with Gasteiger partial charge in [-0.05, 0) is 68.5 Å². The summed E-state index contributed by atoms with van der Waals surface area (Å²) in [5, 5.41) is 3.78. The predicted molar refractivity (Wildman–Crippen MR) is 86.0 cm³/mol. The Balaban J connectivity index is 1.77. The van der Waals surface area contributed by atoms with Crippen LogP contribution < -0.4 is 5.32 Å². The van der Waals surface area contributed by atoms with Crippen LogP contribution in [0.1, 0.15) is 50.2 Å². The number of rotatable bonds is 4. The van der Waals surface area contributed by atoms with Gasteiger partial charge < -0.3 is 5.32 Å². The van der Waals surface area contributed by atoms with Crippen molar-refractivity contribution in [3.8, 4) is 0 Å². The third kappa shape index (κ3) is 2.98. The van der Waals surface area contributed by atoms with Crippen LogP contribution in [0.25, 0.3) is 0 Å². The van der Waals surface area contributed by atoms with Crippen LogP contribution in [-0.4, -0.2) is 12.6 Å². The summed E-state index contributed by atoms with van der Waals surface area (Å²) in [6, 6.07) is 9.65. The highest BCUT2D eigenvalue weighted by atomic mass is 14.9. The lowest BCUT2D eigenvalue weighted by molar-refractivity contribution is 0.347. The normalized spacial score (nSPS) is 23.9. The number of likely N-dealkylation sites (N-methyl/N-ethyl adjacent to an activating group) is 1. The number of benzene rings is 1. The van der Waals surface area contributed by atoms with E-state index < -0.39 is 0 Å². The van der Waals surface area contributed by atoms with Gasteiger partial charge in [-0.2, -0.15) is 0 Å². The van der Waals surface area contributed by atoms with Crippen molar-refractivity contribution >= 4 is 0 Å². The molecule has 1 aromatic rings. The number of nitrogens with one attached hydrogen (secondary N) is 1. The largest absolute Gasteiger partial charge is 0.310 e. The molecule has 20 heavy (non-hydrogen) atoms. The van der Waals surface area contributed by atoms with E-state index in [2.05, 4.69) is 42.6 Å². The van der Waals surface area contributed by atoms with Gasteiger partial charge in [-0.25, -0.2) is 0 Å². The van der Waals surface area contributed by atoms with Crippen molar-refractivity contribution in [3.05, 3.63) is 47.0 Å². The average molecular weight is 269 g/mol. The van der Waals surface area contributed by atoms with Crippen molar-refractivity contribution < 1.29 is 0 Å². The zero-order valence-corrected chi connectivity index (χ0v) is 12.7. The summed E-state index contributed by atoms with van der Waals surface area (Å²) < 4.78 is 0. The molecule has 2 unspecified atom stereocenters. The summed E-state index contributed by atoms with van der Waals surface area (Å²) in [4.78, 5) is 0. The highest BCUT2D eigenvalue weighted by Gasteiger charge is 2.28. The molecule has 1 heteroatoms. The van der Waals surface area contributed by atoms with Crippen molar-refractivity contribution in [1.29, 1.82) is 0 Å². The first-order valence-corrected chi connectivity index (χ1v) is 8.37. The number of fused-ring (bicyclic) bond motifs is 1. The molecule has 0 aromatic heterocycles. The molecule has 108 valence electrons. The van der Waals surface area contributed by atoms with Crippen LogP contribution >= 0.6 is 0 Å². The van der Waals surface area contributed by atoms with Gasteiger partial charge in [0.25, 0.3) is 0 Å². The molecule has 0 saturated heterocycles. The van der Waals surface area contributed by atoms with E-state index in [1.54, 1.807) is 16.7 Å². The Labute approximate surface area is 123 Å². The molecule has 0 bridgehead atoms. The minimum Gasteiger partial charge on any atom is -0.310 e. The summed E-state index contributed by atoms with van der Waals surface area (Å²) in [7, 11) is 0. The van der Waals surface area contributed by atoms with Crippen LogP contribution in [0.5, 0.6) is 0 Å². The molecule has 0 heterocycles. The molecule has 0 spiro atoms. The van der Waals surface area contributed by atoms with E-state index in [-0.39, 0.29) is 0 Å². The number of aryl methyl sites for hydroxylation is 1. The lowest BCUT2D eigenvalue weighted by Crippen LogP contribution is -2.40. The summed E-state index contributed by atoms with van der Waals surface area (Å²) in [6.07, 6.45) is 11.8. The molecule has 0 saturated carbocycles. The van der Waals surface area contributed by atoms with Crippen molar-refractivity contribution in [2.24, 2.45) is 5.92 Å². The van der Waals surface area contributed by atoms with Gasteiger partial charge in [0.15, 0.2) is 0 Å². The van der Waals surface area contributed by atoms with Crippen LogP contribution in [0.2, 0.25) is 0 Å². The van der Waals surface area contributed by atoms with Crippen molar-refractivity contribution in [2.45, 2.75) is 57.9 Å². The third-order valence-electron chi connectivity index (χ3n) is 5.01. The molecule has 3 rings (SSSR count). The summed E-state index contributed by atoms with van der Waals surface area (Å²) >= 11 is 0. The first kappa shape index (κ1) is 13.9. The van der Waals surface area contributed by atoms with E-state index in [1.807, 2.05) is 0 Å². The quantitative estimate of drug-likeness (QED) is 0.805. The molecule has 0 aliphatic heterocycles. The Morgan fingerprint density at radius 1 is 1.15 bits per heavy atom. The molecule has 2 atom stereocenters. The zero-order chi connectivity index (χ0) is 13.8. The Hall–Kier alpha value is -1.08. The predicted octanol–water partition coefficient (Wildman–Crippen LogP) is 4.27. The summed E-state index contributed by atoms with van der Waals surface area (Å²) in [5.41, 5.74) is 4.86. The Morgan fingerprint density at radius 3 is 2.75 bits per heavy atom. The maximum atomic E-state index is 3.78. The van der Waals surface area contributed by atoms with Crippen molar-refractivity contribution in [1.82, 2.24) is 5.32 Å². The van der Waals surface area contributed by atoms with Crippen LogP contribution in [0, 0.1) is 5.92 Å². The average Bonchev–Trinajstić information content (AvgIpc) is 2.53. The van der Waals surface area contributed by atoms with Gasteiger partial charge in [0.05, 0.1) is 0 Å². The van der Waals surface area contributed by atoms with E-state index in [9.17, 15) is 0 Å². The van der Waals surface area contributed by atoms with Crippen LogP contribution in [0.3, 0.4) is 0 Å². The van der Waals surface area contributed by atoms with Gasteiger partial charge in [-0.3, -0.25) is 0 Å². The van der Waals surface area contributed by atoms with Gasteiger partial charge in [-0.1, -0.05) is 42.8 Å². The zero-order valence-electron chi connectivity index (χ0n) is 12.7. The summed E-state index contributed by atoms with van der Waals surface area (Å²) in [5.74, 6) is 0.786. The first-order valence-electron chi connectivity index (χ1n) is 8.37. The van der Waals surface area contributed by atoms with Crippen LogP contribution in [0.4, 0.5) is 0 Å². The lowest BCUT2D eigenvalue weighted by atomic mass is 9.76. The molecule has 2 aliphatic carbocycles. The molecule has 1 nitrogen and oxygen atoms in total. The molecule has 1 N–H and O–H groups in total. The maximum absolute atomic E-state index is 3.78. The van der Waals surface area contributed by atoms with Gasteiger partial charge in [0, 0.05) is 6.04 Å². The van der Waals surface area contributed by atoms with E-state index in [4.69, 9.17) is 0 Å². The molecule has 0 amide bonds. The number of hydrogen-bond acceptors (Lipinski definition) is 1. The smallest absolute Gasteiger partial charge is 0.0311 e. The standard InChI is InChI=1S/C19H27N/c1-2-20-19(16-9-4-3-5-10-16)18-13-12-15-8-6-7-11-17(15)14-18/h6-9,11,18-20H,2-5,10,12-14H2,1H3. The lowest BCUT2D eigenvalue weighted by Gasteiger charge is -2.35. The molecule has 1 aromatic carbocycles. The van der Waals surface area contributed by atoms with Gasteiger partial charge in [-0.15, -0.1) is 0 Å². The first-order chi connectivity index (χ1) is 9.88. The highest BCUT2D eigenvalue weighted by molar-refractivity contribution is 5.31. The molecule has 2 aliphatic rings. The topological polar surface area (TPSA) is 12.0 Å². The third-order valence-corrected chi connectivity index (χ3v) is 5.01. The second-order valence-corrected chi connectivity index (χ2v) is 6.33. The Kier molecular flexibility index (Phi) is 4.57. The van der Waals surface area contributed by atoms with Gasteiger partial charge >= 0.3 is 0 Å². The fourth-order valence-corrected chi connectivity index (χ4v) is 3.98. The minimum atomic E-state index is 0.619. The number of allylic oxidation sites excluding steroid dienone is 1. The van der Waals surface area contributed by atoms with Gasteiger partial charge in [0.1, 0.15) is 0 Å². The SMILES string of the molecule is CCNC(C1=CCCCC1)C1CCc2ccccc2C1. The van der Waals surface area contributed by atoms with Crippen LogP contribution in [-0.2, 0) is 12.8 Å². The van der Waals surface area contributed by atoms with E-state index in [1.165, 1.54) is 44.9 Å². The van der Waals surface area contributed by atoms with E-state index in [0.29, 0.717) is 6.04 Å². The van der Waals surface area contributed by atoms with Crippen molar-refractivity contribution in [2.75, 3.05) is 6.54 Å². The van der Waals surface area contributed by atoms with E-state index in [0.717, 1.165) is 12.5 Å². The fourth-order valence-electron chi connectivity index (χ4n) is 3.98. The minimum absolute atomic E-state index is 0.619. The maximum Gasteiger partial charge on any atom is 0.0311 e. The number of hydrogen-bond donors (Lipinski definition) is 1. The van der Waals surface area contributed by atoms with Crippen LogP contribution in [0.15, 0.2) is 35.9 Å². The monoisotopic (exact) mass is 269 g/mol. The summed E-state index contributed by atoms with van der Waals surface area (Å²) in [6.45, 7) is 3.33. The van der Waals surface area contributed by atoms with E-state index >= 15 is 0 Å². The molecular weight excluding hydrogens is 242 g/mol. The Bertz CT molecular complexity index is 474. The molecule has 0 fully saturated rings. The second kappa shape index (κ2) is 6.58. The Morgan fingerprint density at radius 2 is 2.00 bits per heavy atom. The highest BCUT2D eigenvalue weighted by Crippen LogP contribution is 2.32.